The molecule has 1 heterocycles. The highest BCUT2D eigenvalue weighted by atomic mass is 16.5. The molecule has 2 fully saturated rings. The molecule has 2 aliphatic rings. The van der Waals surface area contributed by atoms with Gasteiger partial charge in [-0.05, 0) is 61.7 Å². The van der Waals surface area contributed by atoms with E-state index in [-0.39, 0.29) is 36.2 Å². The summed E-state index contributed by atoms with van der Waals surface area (Å²) in [6.45, 7) is 1.51. The Kier molecular flexibility index (Phi) is 6.95. The van der Waals surface area contributed by atoms with Gasteiger partial charge in [0.2, 0.25) is 11.8 Å². The molecular formula is C26H28N2O6. The fraction of sp³-hybridized carbons (Fsp3) is 0.385. The van der Waals surface area contributed by atoms with Crippen LogP contribution in [0.15, 0.2) is 48.5 Å². The number of esters is 1. The zero-order valence-electron chi connectivity index (χ0n) is 19.3. The predicted octanol–water partition coefficient (Wildman–Crippen LogP) is 3.55. The van der Waals surface area contributed by atoms with Gasteiger partial charge in [0.1, 0.15) is 18.4 Å². The van der Waals surface area contributed by atoms with Crippen molar-refractivity contribution in [1.82, 2.24) is 4.90 Å². The molecule has 1 saturated heterocycles. The summed E-state index contributed by atoms with van der Waals surface area (Å²) in [6.07, 6.45) is 3.26. The number of carbonyl (C=O) groups is 4. The van der Waals surface area contributed by atoms with E-state index in [1.165, 1.54) is 6.92 Å². The summed E-state index contributed by atoms with van der Waals surface area (Å²) in [4.78, 5) is 51.5. The second-order valence-electron chi connectivity index (χ2n) is 8.71. The molecule has 0 bridgehead atoms. The number of fused-ring (bicyclic) bond motifs is 1. The van der Waals surface area contributed by atoms with Gasteiger partial charge in [0, 0.05) is 11.3 Å². The van der Waals surface area contributed by atoms with Crippen LogP contribution in [-0.4, -0.2) is 41.7 Å². The van der Waals surface area contributed by atoms with Crippen LogP contribution in [0.3, 0.4) is 0 Å². The fourth-order valence-electron chi connectivity index (χ4n) is 4.58. The number of nitrogens with one attached hydrogen (secondary N) is 1. The molecule has 0 unspecified atom stereocenters. The van der Waals surface area contributed by atoms with Crippen LogP contribution in [0.2, 0.25) is 0 Å². The van der Waals surface area contributed by atoms with Crippen molar-refractivity contribution in [2.75, 3.05) is 12.4 Å². The monoisotopic (exact) mass is 464 g/mol. The number of benzene rings is 2. The van der Waals surface area contributed by atoms with Crippen LogP contribution >= 0.6 is 0 Å². The Morgan fingerprint density at radius 1 is 0.971 bits per heavy atom. The van der Waals surface area contributed by atoms with Gasteiger partial charge in [0.05, 0.1) is 18.9 Å². The molecule has 8 nitrogen and oxygen atoms in total. The third-order valence-corrected chi connectivity index (χ3v) is 6.55. The number of rotatable bonds is 7. The summed E-state index contributed by atoms with van der Waals surface area (Å²) in [5.41, 5.74) is 1.79. The Morgan fingerprint density at radius 3 is 2.12 bits per heavy atom. The molecule has 2 aromatic carbocycles. The quantitative estimate of drug-likeness (QED) is 0.497. The highest BCUT2D eigenvalue weighted by molar-refractivity contribution is 6.07. The maximum atomic E-state index is 12.7. The Labute approximate surface area is 198 Å². The van der Waals surface area contributed by atoms with E-state index in [1.54, 1.807) is 55.6 Å². The molecule has 1 aliphatic carbocycles. The van der Waals surface area contributed by atoms with Gasteiger partial charge in [-0.3, -0.25) is 19.3 Å². The van der Waals surface area contributed by atoms with E-state index in [0.29, 0.717) is 35.4 Å². The lowest BCUT2D eigenvalue weighted by Crippen LogP contribution is -2.44. The van der Waals surface area contributed by atoms with Crippen LogP contribution in [0.4, 0.5) is 5.69 Å². The minimum Gasteiger partial charge on any atom is -0.497 e. The van der Waals surface area contributed by atoms with Crippen molar-refractivity contribution in [1.29, 1.82) is 0 Å². The van der Waals surface area contributed by atoms with Gasteiger partial charge in [-0.25, -0.2) is 4.79 Å². The summed E-state index contributed by atoms with van der Waals surface area (Å²) in [5.74, 6) is -1.31. The van der Waals surface area contributed by atoms with Crippen molar-refractivity contribution < 1.29 is 28.7 Å². The van der Waals surface area contributed by atoms with Crippen LogP contribution in [0.25, 0.3) is 0 Å². The van der Waals surface area contributed by atoms with Gasteiger partial charge in [-0.15, -0.1) is 0 Å². The Hall–Kier alpha value is -3.68. The average Bonchev–Trinajstić information content (AvgIpc) is 3.12. The molecule has 1 aliphatic heterocycles. The molecule has 1 N–H and O–H groups in total. The number of likely N-dealkylation sites (tertiary alicyclic amines) is 1. The average molecular weight is 465 g/mol. The molecule has 8 heteroatoms. The molecule has 2 aromatic rings. The third kappa shape index (κ3) is 4.81. The smallest absolute Gasteiger partial charge is 0.329 e. The van der Waals surface area contributed by atoms with E-state index in [1.807, 2.05) is 0 Å². The maximum Gasteiger partial charge on any atom is 0.329 e. The summed E-state index contributed by atoms with van der Waals surface area (Å²) in [6, 6.07) is 12.7. The summed E-state index contributed by atoms with van der Waals surface area (Å²) in [5, 5.41) is 2.81. The minimum atomic E-state index is -0.958. The van der Waals surface area contributed by atoms with Crippen molar-refractivity contribution in [2.45, 2.75) is 45.3 Å². The number of hydrogen-bond donors (Lipinski definition) is 1. The number of anilines is 1. The Balaban J connectivity index is 1.31. The predicted molar refractivity (Wildman–Crippen MR) is 124 cm³/mol. The molecule has 178 valence electrons. The van der Waals surface area contributed by atoms with Gasteiger partial charge in [0.25, 0.3) is 5.91 Å². The van der Waals surface area contributed by atoms with Crippen molar-refractivity contribution in [2.24, 2.45) is 11.8 Å². The molecule has 3 amide bonds. The van der Waals surface area contributed by atoms with Crippen molar-refractivity contribution >= 4 is 29.4 Å². The number of ether oxygens (including phenoxy) is 2. The first-order chi connectivity index (χ1) is 16.4. The van der Waals surface area contributed by atoms with Crippen LogP contribution in [-0.2, 0) is 25.7 Å². The Morgan fingerprint density at radius 2 is 1.56 bits per heavy atom. The van der Waals surface area contributed by atoms with Gasteiger partial charge >= 0.3 is 5.97 Å². The van der Waals surface area contributed by atoms with Gasteiger partial charge in [-0.2, -0.15) is 0 Å². The topological polar surface area (TPSA) is 102 Å². The van der Waals surface area contributed by atoms with Crippen LogP contribution < -0.4 is 10.1 Å². The van der Waals surface area contributed by atoms with Crippen molar-refractivity contribution in [3.8, 4) is 5.75 Å². The number of hydrogen-bond acceptors (Lipinski definition) is 6. The highest BCUT2D eigenvalue weighted by Crippen LogP contribution is 2.39. The number of methoxy groups -OCH3 is 1. The fourth-order valence-corrected chi connectivity index (χ4v) is 4.58. The molecule has 34 heavy (non-hydrogen) atoms. The number of nitrogens with zero attached hydrogens (tertiary/aromatic N) is 1. The third-order valence-electron chi connectivity index (χ3n) is 6.55. The van der Waals surface area contributed by atoms with E-state index in [9.17, 15) is 19.2 Å². The van der Waals surface area contributed by atoms with Crippen molar-refractivity contribution in [3.05, 3.63) is 59.7 Å². The second kappa shape index (κ2) is 10.1. The lowest BCUT2D eigenvalue weighted by atomic mass is 9.81. The van der Waals surface area contributed by atoms with Crippen molar-refractivity contribution in [3.63, 3.8) is 0 Å². The molecule has 0 aromatic heterocycles. The van der Waals surface area contributed by atoms with E-state index in [2.05, 4.69) is 5.32 Å². The largest absolute Gasteiger partial charge is 0.497 e. The lowest BCUT2D eigenvalue weighted by Gasteiger charge is -2.21. The van der Waals surface area contributed by atoms with E-state index in [0.717, 1.165) is 17.7 Å². The number of imide groups is 1. The lowest BCUT2D eigenvalue weighted by molar-refractivity contribution is -0.159. The normalized spacial score (nSPS) is 20.5. The van der Waals surface area contributed by atoms with Gasteiger partial charge in [-0.1, -0.05) is 25.0 Å². The molecule has 3 atom stereocenters. The summed E-state index contributed by atoms with van der Waals surface area (Å²) in [7, 11) is 1.57. The molecule has 0 radical (unpaired) electrons. The van der Waals surface area contributed by atoms with E-state index in [4.69, 9.17) is 9.47 Å². The zero-order valence-corrected chi connectivity index (χ0v) is 19.3. The maximum absolute atomic E-state index is 12.7. The minimum absolute atomic E-state index is 0.0212. The van der Waals surface area contributed by atoms with E-state index < -0.39 is 12.0 Å². The van der Waals surface area contributed by atoms with Crippen LogP contribution in [0.5, 0.6) is 5.75 Å². The van der Waals surface area contributed by atoms with Gasteiger partial charge in [0.15, 0.2) is 0 Å². The summed E-state index contributed by atoms with van der Waals surface area (Å²) >= 11 is 0. The number of carbonyl (C=O) groups excluding carboxylic acids is 4. The number of amides is 3. The van der Waals surface area contributed by atoms with Gasteiger partial charge < -0.3 is 14.8 Å². The first kappa shape index (κ1) is 23.5. The second-order valence-corrected chi connectivity index (χ2v) is 8.71. The first-order valence-electron chi connectivity index (χ1n) is 11.5. The molecule has 0 spiro atoms. The summed E-state index contributed by atoms with van der Waals surface area (Å²) < 4.78 is 10.5. The standard InChI is InChI=1S/C26H28N2O6/c1-16(28-24(30)21-5-3-4-6-22(21)25(28)31)26(32)34-15-17-7-9-18(10-8-17)23(29)27-19-11-13-20(33-2)14-12-19/h7-14,16,21-22H,3-6,15H2,1-2H3,(H,27,29)/t16-,21-,22+/m0/s1. The molecule has 4 rings (SSSR count). The molecular weight excluding hydrogens is 436 g/mol. The zero-order chi connectivity index (χ0) is 24.2. The van der Waals surface area contributed by atoms with Crippen LogP contribution in [0, 0.1) is 11.8 Å². The van der Waals surface area contributed by atoms with Crippen LogP contribution in [0.1, 0.15) is 48.5 Å². The highest BCUT2D eigenvalue weighted by Gasteiger charge is 2.51. The molecule has 1 saturated carbocycles. The SMILES string of the molecule is COc1ccc(NC(=O)c2ccc(COC(=O)[C@H](C)N3C(=O)[C@H]4CCCC[C@H]4C3=O)cc2)cc1. The van der Waals surface area contributed by atoms with E-state index >= 15 is 0 Å². The first-order valence-corrected chi connectivity index (χ1v) is 11.5. The Bertz CT molecular complexity index is 1060.